The van der Waals surface area contributed by atoms with E-state index in [9.17, 15) is 18.4 Å². The minimum Gasteiger partial charge on any atom is -0.294 e. The highest BCUT2D eigenvalue weighted by Gasteiger charge is 2.25. The lowest BCUT2D eigenvalue weighted by atomic mass is 9.84. The van der Waals surface area contributed by atoms with Gasteiger partial charge in [0.15, 0.2) is 11.6 Å². The molecule has 1 aliphatic carbocycles. The molecule has 0 aromatic heterocycles. The highest BCUT2D eigenvalue weighted by molar-refractivity contribution is 6.41. The molecule has 0 radical (unpaired) electrons. The number of allylic oxidation sites excluding steroid dienone is 4. The van der Waals surface area contributed by atoms with Crippen molar-refractivity contribution < 1.29 is 18.4 Å². The molecule has 0 fully saturated rings. The van der Waals surface area contributed by atoms with E-state index in [1.807, 2.05) is 24.3 Å². The van der Waals surface area contributed by atoms with E-state index in [1.54, 1.807) is 42.5 Å². The molecule has 31 heavy (non-hydrogen) atoms. The van der Waals surface area contributed by atoms with E-state index in [4.69, 9.17) is 0 Å². The molecule has 0 spiro atoms. The number of Topliss-reactive ketones (excluding diaryl/α,β-unsaturated/α-hetero) is 2. The molecule has 3 aromatic rings. The minimum atomic E-state index is -0.367. The van der Waals surface area contributed by atoms with Gasteiger partial charge in [-0.15, -0.1) is 0 Å². The second-order valence-electron chi connectivity index (χ2n) is 7.21. The van der Waals surface area contributed by atoms with Crippen LogP contribution >= 0.6 is 0 Å². The maximum Gasteiger partial charge on any atom is 0.197 e. The highest BCUT2D eigenvalue weighted by Crippen LogP contribution is 2.32. The van der Waals surface area contributed by atoms with Gasteiger partial charge in [0.1, 0.15) is 11.6 Å². The van der Waals surface area contributed by atoms with Crippen LogP contribution in [-0.4, -0.2) is 11.6 Å². The highest BCUT2D eigenvalue weighted by atomic mass is 19.1. The van der Waals surface area contributed by atoms with Crippen LogP contribution in [-0.2, 0) is 9.59 Å². The summed E-state index contributed by atoms with van der Waals surface area (Å²) in [5, 5.41) is 0. The van der Waals surface area contributed by atoms with Crippen molar-refractivity contribution in [2.45, 2.75) is 6.92 Å². The van der Waals surface area contributed by atoms with Crippen LogP contribution in [0.25, 0.3) is 17.2 Å². The second-order valence-corrected chi connectivity index (χ2v) is 7.21. The Balaban J connectivity index is 1.88. The van der Waals surface area contributed by atoms with Gasteiger partial charge in [0.25, 0.3) is 0 Å². The number of rotatable bonds is 4. The van der Waals surface area contributed by atoms with Crippen LogP contribution in [0.3, 0.4) is 0 Å². The number of halogens is 2. The molecule has 0 bridgehead atoms. The van der Waals surface area contributed by atoms with Crippen molar-refractivity contribution in [3.8, 4) is 0 Å². The van der Waals surface area contributed by atoms with E-state index in [-0.39, 0.29) is 28.8 Å². The van der Waals surface area contributed by atoms with Gasteiger partial charge in [0.2, 0.25) is 0 Å². The molecule has 0 N–H and O–H groups in total. The number of fused-ring (bicyclic) bond motifs is 1. The lowest BCUT2D eigenvalue weighted by Gasteiger charge is -2.17. The summed E-state index contributed by atoms with van der Waals surface area (Å²) in [4.78, 5) is 25.0. The van der Waals surface area contributed by atoms with Crippen LogP contribution < -0.4 is 0 Å². The lowest BCUT2D eigenvalue weighted by molar-refractivity contribution is -0.117. The van der Waals surface area contributed by atoms with Crippen LogP contribution in [0.1, 0.15) is 29.2 Å². The van der Waals surface area contributed by atoms with Gasteiger partial charge in [-0.05, 0) is 71.2 Å². The number of hydrogen-bond donors (Lipinski definition) is 0. The predicted octanol–water partition coefficient (Wildman–Crippen LogP) is 6.04. The molecule has 1 aliphatic rings. The minimum absolute atomic E-state index is 0.128. The number of carbonyl (C=O) groups is 2. The Morgan fingerprint density at radius 2 is 1.35 bits per heavy atom. The van der Waals surface area contributed by atoms with E-state index in [0.29, 0.717) is 22.3 Å². The molecule has 4 rings (SSSR count). The van der Waals surface area contributed by atoms with Crippen LogP contribution in [0.15, 0.2) is 90.5 Å². The summed E-state index contributed by atoms with van der Waals surface area (Å²) >= 11 is 0. The van der Waals surface area contributed by atoms with Crippen molar-refractivity contribution >= 4 is 28.8 Å². The molecule has 0 atom stereocenters. The quantitative estimate of drug-likeness (QED) is 0.387. The molecular formula is C27H18F2O2. The Bertz CT molecular complexity index is 1210. The fraction of sp³-hybridized carbons (Fsp3) is 0.0370. The third-order valence-electron chi connectivity index (χ3n) is 5.15. The normalized spacial score (nSPS) is 14.1. The van der Waals surface area contributed by atoms with Crippen LogP contribution in [0.2, 0.25) is 0 Å². The molecule has 3 aromatic carbocycles. The average Bonchev–Trinajstić information content (AvgIpc) is 2.77. The van der Waals surface area contributed by atoms with Crippen molar-refractivity contribution in [2.75, 3.05) is 0 Å². The topological polar surface area (TPSA) is 34.1 Å². The van der Waals surface area contributed by atoms with Gasteiger partial charge in [-0.2, -0.15) is 0 Å². The van der Waals surface area contributed by atoms with Crippen LogP contribution in [0.4, 0.5) is 8.78 Å². The number of hydrogen-bond acceptors (Lipinski definition) is 2. The largest absolute Gasteiger partial charge is 0.294 e. The Morgan fingerprint density at radius 1 is 0.806 bits per heavy atom. The van der Waals surface area contributed by atoms with Crippen molar-refractivity contribution in [1.29, 1.82) is 0 Å². The third kappa shape index (κ3) is 4.19. The molecular weight excluding hydrogens is 394 g/mol. The first-order chi connectivity index (χ1) is 14.9. The number of ketones is 2. The standard InChI is InChI=1S/C27H18F2O2/c1-17(30)26-16-20-4-2-3-5-24(20)25(27(26)31)15-14-23(18-6-10-21(28)11-7-18)19-8-12-22(29)13-9-19/h2-16H,1H3/b25-15-. The first-order valence-electron chi connectivity index (χ1n) is 9.74. The Hall–Kier alpha value is -3.92. The van der Waals surface area contributed by atoms with E-state index < -0.39 is 0 Å². The summed E-state index contributed by atoms with van der Waals surface area (Å²) in [7, 11) is 0. The van der Waals surface area contributed by atoms with Gasteiger partial charge in [0, 0.05) is 5.57 Å². The first-order valence-corrected chi connectivity index (χ1v) is 9.74. The summed E-state index contributed by atoms with van der Waals surface area (Å²) < 4.78 is 26.9. The van der Waals surface area contributed by atoms with E-state index >= 15 is 0 Å². The zero-order valence-electron chi connectivity index (χ0n) is 16.7. The van der Waals surface area contributed by atoms with Gasteiger partial charge in [-0.1, -0.05) is 54.6 Å². The zero-order chi connectivity index (χ0) is 22.0. The van der Waals surface area contributed by atoms with Gasteiger partial charge < -0.3 is 0 Å². The predicted molar refractivity (Wildman–Crippen MR) is 118 cm³/mol. The van der Waals surface area contributed by atoms with Crippen molar-refractivity contribution in [3.05, 3.63) is 124 Å². The van der Waals surface area contributed by atoms with Crippen LogP contribution in [0, 0.1) is 11.6 Å². The van der Waals surface area contributed by atoms with E-state index in [0.717, 1.165) is 11.1 Å². The maximum absolute atomic E-state index is 13.5. The maximum atomic E-state index is 13.5. The fourth-order valence-electron chi connectivity index (χ4n) is 3.57. The zero-order valence-corrected chi connectivity index (χ0v) is 16.7. The van der Waals surface area contributed by atoms with Gasteiger partial charge in [-0.25, -0.2) is 8.78 Å². The Kier molecular flexibility index (Phi) is 5.54. The molecule has 0 unspecified atom stereocenters. The van der Waals surface area contributed by atoms with E-state index in [1.165, 1.54) is 31.2 Å². The monoisotopic (exact) mass is 412 g/mol. The Morgan fingerprint density at radius 3 is 1.90 bits per heavy atom. The average molecular weight is 412 g/mol. The Labute approximate surface area is 178 Å². The summed E-state index contributed by atoms with van der Waals surface area (Å²) in [6.07, 6.45) is 5.02. The molecule has 0 saturated heterocycles. The summed E-state index contributed by atoms with van der Waals surface area (Å²) in [5.74, 6) is -1.38. The summed E-state index contributed by atoms with van der Waals surface area (Å²) in [6.45, 7) is 1.37. The molecule has 0 saturated carbocycles. The number of carbonyl (C=O) groups excluding carboxylic acids is 2. The van der Waals surface area contributed by atoms with Crippen LogP contribution in [0.5, 0.6) is 0 Å². The second kappa shape index (κ2) is 8.44. The molecule has 0 heterocycles. The molecule has 0 amide bonds. The number of benzene rings is 3. The first kappa shape index (κ1) is 20.4. The fourth-order valence-corrected chi connectivity index (χ4v) is 3.57. The SMILES string of the molecule is CC(=O)C1=Cc2ccccc2/C(=C/C=C(c2ccc(F)cc2)c2ccc(F)cc2)C1=O. The van der Waals surface area contributed by atoms with Crippen molar-refractivity contribution in [2.24, 2.45) is 0 Å². The molecule has 0 aliphatic heterocycles. The van der Waals surface area contributed by atoms with Gasteiger partial charge in [-0.3, -0.25) is 9.59 Å². The lowest BCUT2D eigenvalue weighted by Crippen LogP contribution is -2.16. The smallest absolute Gasteiger partial charge is 0.197 e. The third-order valence-corrected chi connectivity index (χ3v) is 5.15. The molecule has 2 nitrogen and oxygen atoms in total. The summed E-state index contributed by atoms with van der Waals surface area (Å²) in [6, 6.07) is 19.2. The van der Waals surface area contributed by atoms with Crippen molar-refractivity contribution in [3.63, 3.8) is 0 Å². The molecule has 4 heteroatoms. The molecule has 152 valence electrons. The van der Waals surface area contributed by atoms with E-state index in [2.05, 4.69) is 0 Å². The van der Waals surface area contributed by atoms with Gasteiger partial charge >= 0.3 is 0 Å². The van der Waals surface area contributed by atoms with Crippen molar-refractivity contribution in [1.82, 2.24) is 0 Å². The summed E-state index contributed by atoms with van der Waals surface area (Å²) in [5.41, 5.74) is 4.15. The van der Waals surface area contributed by atoms with Gasteiger partial charge in [0.05, 0.1) is 5.57 Å².